The smallest absolute Gasteiger partial charge is 0.224 e. The van der Waals surface area contributed by atoms with Crippen LogP contribution >= 0.6 is 0 Å². The molecule has 0 bridgehead atoms. The van der Waals surface area contributed by atoms with Crippen LogP contribution < -0.4 is 5.32 Å². The Morgan fingerprint density at radius 2 is 1.71 bits per heavy atom. The Morgan fingerprint density at radius 1 is 1.00 bits per heavy atom. The molecule has 0 spiro atoms. The number of aliphatic hydroxyl groups is 1. The number of carbonyl (C=O) groups excluding carboxylic acids is 1. The summed E-state index contributed by atoms with van der Waals surface area (Å²) >= 11 is 0. The predicted octanol–water partition coefficient (Wildman–Crippen LogP) is 3.56. The molecule has 1 aliphatic rings. The van der Waals surface area contributed by atoms with E-state index in [1.807, 2.05) is 30.3 Å². The molecule has 2 aromatic carbocycles. The minimum absolute atomic E-state index is 0.0579. The summed E-state index contributed by atoms with van der Waals surface area (Å²) in [6.07, 6.45) is 4.09. The summed E-state index contributed by atoms with van der Waals surface area (Å²) in [6.45, 7) is 0.679. The molecular formula is C21H25NO2. The number of benzene rings is 2. The van der Waals surface area contributed by atoms with E-state index >= 15 is 0 Å². The van der Waals surface area contributed by atoms with Gasteiger partial charge in [0.25, 0.3) is 0 Å². The average Bonchev–Trinajstić information content (AvgIpc) is 2.61. The highest BCUT2D eigenvalue weighted by Crippen LogP contribution is 2.23. The van der Waals surface area contributed by atoms with Gasteiger partial charge in [-0.05, 0) is 41.9 Å². The maximum atomic E-state index is 12.1. The molecule has 2 aromatic rings. The van der Waals surface area contributed by atoms with Crippen LogP contribution in [0.4, 0.5) is 0 Å². The topological polar surface area (TPSA) is 49.3 Å². The minimum atomic E-state index is -0.189. The van der Waals surface area contributed by atoms with E-state index in [-0.39, 0.29) is 12.0 Å². The van der Waals surface area contributed by atoms with Crippen LogP contribution in [0.1, 0.15) is 31.2 Å². The first-order valence-electron chi connectivity index (χ1n) is 8.80. The first kappa shape index (κ1) is 16.7. The predicted molar refractivity (Wildman–Crippen MR) is 96.6 cm³/mol. The maximum Gasteiger partial charge on any atom is 0.224 e. The summed E-state index contributed by atoms with van der Waals surface area (Å²) in [6, 6.07) is 18.4. The van der Waals surface area contributed by atoms with Gasteiger partial charge in [0, 0.05) is 6.54 Å². The van der Waals surface area contributed by atoms with Crippen molar-refractivity contribution in [2.24, 2.45) is 5.92 Å². The first-order valence-corrected chi connectivity index (χ1v) is 8.80. The Morgan fingerprint density at radius 3 is 2.42 bits per heavy atom. The molecule has 3 heteroatoms. The lowest BCUT2D eigenvalue weighted by molar-refractivity contribution is -0.120. The van der Waals surface area contributed by atoms with Crippen molar-refractivity contribution >= 4 is 5.91 Å². The summed E-state index contributed by atoms with van der Waals surface area (Å²) in [5, 5.41) is 12.7. The van der Waals surface area contributed by atoms with Gasteiger partial charge in [-0.15, -0.1) is 0 Å². The van der Waals surface area contributed by atoms with E-state index in [0.29, 0.717) is 18.9 Å². The van der Waals surface area contributed by atoms with Crippen LogP contribution in [0.15, 0.2) is 54.6 Å². The van der Waals surface area contributed by atoms with E-state index in [2.05, 4.69) is 29.6 Å². The zero-order valence-corrected chi connectivity index (χ0v) is 13.9. The molecule has 0 heterocycles. The molecule has 1 amide bonds. The molecular weight excluding hydrogens is 298 g/mol. The Bertz CT molecular complexity index is 651. The van der Waals surface area contributed by atoms with Crippen molar-refractivity contribution in [2.75, 3.05) is 6.54 Å². The van der Waals surface area contributed by atoms with Crippen LogP contribution in [0.25, 0.3) is 11.1 Å². The minimum Gasteiger partial charge on any atom is -0.393 e. The van der Waals surface area contributed by atoms with E-state index in [9.17, 15) is 9.90 Å². The molecule has 24 heavy (non-hydrogen) atoms. The molecule has 1 aliphatic carbocycles. The summed E-state index contributed by atoms with van der Waals surface area (Å²) in [7, 11) is 0. The van der Waals surface area contributed by atoms with Gasteiger partial charge in [0.1, 0.15) is 0 Å². The van der Waals surface area contributed by atoms with Crippen LogP contribution in [0, 0.1) is 5.92 Å². The molecule has 0 aliphatic heterocycles. The van der Waals surface area contributed by atoms with Gasteiger partial charge >= 0.3 is 0 Å². The maximum absolute atomic E-state index is 12.1. The number of amides is 1. The third-order valence-electron chi connectivity index (χ3n) is 4.77. The quantitative estimate of drug-likeness (QED) is 0.884. The number of aliphatic hydroxyl groups excluding tert-OH is 1. The van der Waals surface area contributed by atoms with Crippen molar-refractivity contribution in [1.29, 1.82) is 0 Å². The third-order valence-corrected chi connectivity index (χ3v) is 4.77. The highest BCUT2D eigenvalue weighted by atomic mass is 16.3. The molecule has 3 rings (SSSR count). The monoisotopic (exact) mass is 323 g/mol. The summed E-state index contributed by atoms with van der Waals surface area (Å²) in [4.78, 5) is 12.1. The van der Waals surface area contributed by atoms with Crippen molar-refractivity contribution in [3.05, 3.63) is 60.2 Å². The van der Waals surface area contributed by atoms with Crippen molar-refractivity contribution in [1.82, 2.24) is 5.32 Å². The largest absolute Gasteiger partial charge is 0.393 e. The van der Waals surface area contributed by atoms with Crippen molar-refractivity contribution in [2.45, 2.75) is 38.2 Å². The second-order valence-corrected chi connectivity index (χ2v) is 6.73. The van der Waals surface area contributed by atoms with Gasteiger partial charge in [0.05, 0.1) is 12.5 Å². The van der Waals surface area contributed by atoms with Crippen LogP contribution in [-0.4, -0.2) is 23.7 Å². The Hall–Kier alpha value is -2.13. The molecule has 0 aromatic heterocycles. The number of carbonyl (C=O) groups is 1. The summed E-state index contributed by atoms with van der Waals surface area (Å²) in [5.41, 5.74) is 3.37. The van der Waals surface area contributed by atoms with Gasteiger partial charge in [-0.2, -0.15) is 0 Å². The number of hydrogen-bond acceptors (Lipinski definition) is 2. The lowest BCUT2D eigenvalue weighted by Gasteiger charge is -2.25. The molecule has 2 unspecified atom stereocenters. The molecule has 1 saturated carbocycles. The highest BCUT2D eigenvalue weighted by molar-refractivity contribution is 5.78. The molecule has 2 N–H and O–H groups in total. The van der Waals surface area contributed by atoms with E-state index in [0.717, 1.165) is 36.8 Å². The van der Waals surface area contributed by atoms with Crippen molar-refractivity contribution in [3.63, 3.8) is 0 Å². The SMILES string of the molecule is O=C(Cc1ccc(-c2ccccc2)cc1)NCC1CCCC(O)C1. The number of hydrogen-bond donors (Lipinski definition) is 2. The van der Waals surface area contributed by atoms with Crippen molar-refractivity contribution < 1.29 is 9.90 Å². The fourth-order valence-corrected chi connectivity index (χ4v) is 3.40. The molecule has 126 valence electrons. The highest BCUT2D eigenvalue weighted by Gasteiger charge is 2.20. The lowest BCUT2D eigenvalue weighted by atomic mass is 9.87. The number of rotatable bonds is 5. The van der Waals surface area contributed by atoms with Crippen LogP contribution in [0.5, 0.6) is 0 Å². The Kier molecular flexibility index (Phi) is 5.65. The fraction of sp³-hybridized carbons (Fsp3) is 0.381. The van der Waals surface area contributed by atoms with Gasteiger partial charge in [-0.1, -0.05) is 61.0 Å². The molecule has 2 atom stereocenters. The van der Waals surface area contributed by atoms with Crippen LogP contribution in [0.3, 0.4) is 0 Å². The molecule has 3 nitrogen and oxygen atoms in total. The van der Waals surface area contributed by atoms with E-state index in [1.54, 1.807) is 0 Å². The van der Waals surface area contributed by atoms with E-state index in [1.165, 1.54) is 5.56 Å². The number of nitrogens with one attached hydrogen (secondary N) is 1. The van der Waals surface area contributed by atoms with Gasteiger partial charge in [-0.3, -0.25) is 4.79 Å². The third kappa shape index (κ3) is 4.68. The van der Waals surface area contributed by atoms with Gasteiger partial charge in [0.2, 0.25) is 5.91 Å². The average molecular weight is 323 g/mol. The van der Waals surface area contributed by atoms with Gasteiger partial charge in [0.15, 0.2) is 0 Å². The zero-order valence-electron chi connectivity index (χ0n) is 13.9. The summed E-state index contributed by atoms with van der Waals surface area (Å²) in [5.74, 6) is 0.473. The second kappa shape index (κ2) is 8.11. The zero-order chi connectivity index (χ0) is 16.8. The fourth-order valence-electron chi connectivity index (χ4n) is 3.40. The van der Waals surface area contributed by atoms with E-state index < -0.39 is 0 Å². The molecule has 0 saturated heterocycles. The second-order valence-electron chi connectivity index (χ2n) is 6.73. The Labute approximate surface area is 143 Å². The van der Waals surface area contributed by atoms with Gasteiger partial charge in [-0.25, -0.2) is 0 Å². The molecule has 1 fully saturated rings. The first-order chi connectivity index (χ1) is 11.7. The summed E-state index contributed by atoms with van der Waals surface area (Å²) < 4.78 is 0. The standard InChI is InChI=1S/C21H25NO2/c23-20-8-4-5-17(13-20)15-22-21(24)14-16-9-11-19(12-10-16)18-6-2-1-3-7-18/h1-3,6-7,9-12,17,20,23H,4-5,8,13-15H2,(H,22,24). The van der Waals surface area contributed by atoms with Crippen LogP contribution in [0.2, 0.25) is 0 Å². The lowest BCUT2D eigenvalue weighted by Crippen LogP contribution is -2.33. The van der Waals surface area contributed by atoms with Crippen molar-refractivity contribution in [3.8, 4) is 11.1 Å². The van der Waals surface area contributed by atoms with Crippen LogP contribution in [-0.2, 0) is 11.2 Å². The van der Waals surface area contributed by atoms with E-state index in [4.69, 9.17) is 0 Å². The Balaban J connectivity index is 1.49. The normalized spacial score (nSPS) is 20.5. The van der Waals surface area contributed by atoms with Gasteiger partial charge < -0.3 is 10.4 Å². The molecule has 0 radical (unpaired) electrons.